The lowest BCUT2D eigenvalue weighted by molar-refractivity contribution is -0.145. The summed E-state index contributed by atoms with van der Waals surface area (Å²) in [5.41, 5.74) is 2.07. The number of carboxylic acids is 1. The van der Waals surface area contributed by atoms with Crippen LogP contribution in [0, 0.1) is 0 Å². The van der Waals surface area contributed by atoms with Crippen LogP contribution in [0.2, 0.25) is 0 Å². The Morgan fingerprint density at radius 1 is 1.19 bits per heavy atom. The zero-order valence-corrected chi connectivity index (χ0v) is 16.5. The lowest BCUT2D eigenvalue weighted by Crippen LogP contribution is -2.47. The predicted molar refractivity (Wildman–Crippen MR) is 106 cm³/mol. The molecule has 0 spiro atoms. The second-order valence-corrected chi connectivity index (χ2v) is 7.34. The van der Waals surface area contributed by atoms with Crippen LogP contribution in [0.1, 0.15) is 43.4 Å². The number of para-hydroxylation sites is 1. The van der Waals surface area contributed by atoms with Crippen molar-refractivity contribution < 1.29 is 14.6 Å². The number of ether oxygens (including phenoxy) is 1. The minimum atomic E-state index is -0.754. The van der Waals surface area contributed by atoms with Crippen LogP contribution in [0.15, 0.2) is 53.0 Å². The van der Waals surface area contributed by atoms with Crippen molar-refractivity contribution in [2.75, 3.05) is 13.2 Å². The highest BCUT2D eigenvalue weighted by molar-refractivity contribution is 9.10. The van der Waals surface area contributed by atoms with E-state index in [1.807, 2.05) is 49.4 Å². The van der Waals surface area contributed by atoms with Crippen molar-refractivity contribution in [1.29, 1.82) is 0 Å². The summed E-state index contributed by atoms with van der Waals surface area (Å²) in [6, 6.07) is 15.3. The van der Waals surface area contributed by atoms with Crippen molar-refractivity contribution in [2.24, 2.45) is 0 Å². The second-order valence-electron chi connectivity index (χ2n) is 6.48. The average molecular weight is 418 g/mol. The Hall–Kier alpha value is -1.85. The molecule has 0 saturated carbocycles. The molecular weight excluding hydrogens is 394 g/mol. The summed E-state index contributed by atoms with van der Waals surface area (Å²) < 4.78 is 6.85. The van der Waals surface area contributed by atoms with Crippen LogP contribution in [-0.4, -0.2) is 35.2 Å². The van der Waals surface area contributed by atoms with Gasteiger partial charge in [0.05, 0.1) is 12.6 Å². The van der Waals surface area contributed by atoms with Crippen LogP contribution in [0.4, 0.5) is 0 Å². The first-order valence-electron chi connectivity index (χ1n) is 9.08. The summed E-state index contributed by atoms with van der Waals surface area (Å²) in [6.45, 7) is 3.29. The standard InChI is InChI=1S/C21H24BrNO3/c1-2-26-19-13-6-4-10-16(19)20(15-9-3-5-11-17(15)22)23-14-8-7-12-18(23)21(24)25/h3-6,9-11,13,18,20H,2,7-8,12,14H2,1H3,(H,24,25). The number of carbonyl (C=O) groups is 1. The molecule has 1 saturated heterocycles. The summed E-state index contributed by atoms with van der Waals surface area (Å²) in [5.74, 6) is 0.0566. The summed E-state index contributed by atoms with van der Waals surface area (Å²) in [5, 5.41) is 9.81. The summed E-state index contributed by atoms with van der Waals surface area (Å²) >= 11 is 3.67. The van der Waals surface area contributed by atoms with E-state index >= 15 is 0 Å². The molecule has 2 aromatic carbocycles. The van der Waals surface area contributed by atoms with Gasteiger partial charge in [-0.3, -0.25) is 9.69 Å². The predicted octanol–water partition coefficient (Wildman–Crippen LogP) is 4.88. The van der Waals surface area contributed by atoms with E-state index in [1.165, 1.54) is 0 Å². The fraction of sp³-hybridized carbons (Fsp3) is 0.381. The Labute approximate surface area is 162 Å². The van der Waals surface area contributed by atoms with E-state index < -0.39 is 12.0 Å². The molecular formula is C21H24BrNO3. The quantitative estimate of drug-likeness (QED) is 0.727. The number of hydrogen-bond donors (Lipinski definition) is 1. The molecule has 3 rings (SSSR count). The number of hydrogen-bond acceptors (Lipinski definition) is 3. The number of benzene rings is 2. The third-order valence-electron chi connectivity index (χ3n) is 4.87. The zero-order valence-electron chi connectivity index (χ0n) is 14.9. The maximum Gasteiger partial charge on any atom is 0.320 e. The maximum absolute atomic E-state index is 11.9. The van der Waals surface area contributed by atoms with Gasteiger partial charge in [-0.25, -0.2) is 0 Å². The molecule has 138 valence electrons. The van der Waals surface area contributed by atoms with Gasteiger partial charge in [-0.1, -0.05) is 58.7 Å². The third kappa shape index (κ3) is 3.94. The van der Waals surface area contributed by atoms with E-state index in [4.69, 9.17) is 4.74 Å². The van der Waals surface area contributed by atoms with Gasteiger partial charge in [0.25, 0.3) is 0 Å². The molecule has 26 heavy (non-hydrogen) atoms. The highest BCUT2D eigenvalue weighted by Gasteiger charge is 2.36. The molecule has 2 unspecified atom stereocenters. The van der Waals surface area contributed by atoms with Gasteiger partial charge < -0.3 is 9.84 Å². The molecule has 2 atom stereocenters. The van der Waals surface area contributed by atoms with Gasteiger partial charge in [-0.2, -0.15) is 0 Å². The molecule has 0 radical (unpaired) electrons. The lowest BCUT2D eigenvalue weighted by atomic mass is 9.91. The van der Waals surface area contributed by atoms with E-state index in [9.17, 15) is 9.90 Å². The van der Waals surface area contributed by atoms with Crippen molar-refractivity contribution >= 4 is 21.9 Å². The molecule has 1 heterocycles. The van der Waals surface area contributed by atoms with E-state index in [1.54, 1.807) is 0 Å². The maximum atomic E-state index is 11.9. The molecule has 4 nitrogen and oxygen atoms in total. The number of likely N-dealkylation sites (tertiary alicyclic amines) is 1. The van der Waals surface area contributed by atoms with E-state index in [0.29, 0.717) is 13.0 Å². The number of rotatable bonds is 6. The van der Waals surface area contributed by atoms with Gasteiger partial charge in [-0.15, -0.1) is 0 Å². The molecule has 0 amide bonds. The Morgan fingerprint density at radius 2 is 1.88 bits per heavy atom. The summed E-state index contributed by atoms with van der Waals surface area (Å²) in [4.78, 5) is 14.1. The van der Waals surface area contributed by atoms with Crippen LogP contribution < -0.4 is 4.74 Å². The van der Waals surface area contributed by atoms with Gasteiger partial charge in [0, 0.05) is 10.0 Å². The summed E-state index contributed by atoms with van der Waals surface area (Å²) in [7, 11) is 0. The monoisotopic (exact) mass is 417 g/mol. The molecule has 0 aliphatic carbocycles. The first kappa shape index (κ1) is 18.9. The molecule has 0 aromatic heterocycles. The minimum absolute atomic E-state index is 0.172. The van der Waals surface area contributed by atoms with Crippen LogP contribution in [0.25, 0.3) is 0 Å². The van der Waals surface area contributed by atoms with Crippen molar-refractivity contribution in [1.82, 2.24) is 4.90 Å². The number of aliphatic carboxylic acids is 1. The molecule has 5 heteroatoms. The normalized spacial score (nSPS) is 19.1. The largest absolute Gasteiger partial charge is 0.494 e. The van der Waals surface area contributed by atoms with Gasteiger partial charge in [0.2, 0.25) is 0 Å². The Bertz CT molecular complexity index is 764. The molecule has 1 N–H and O–H groups in total. The fourth-order valence-corrected chi connectivity index (χ4v) is 4.24. The van der Waals surface area contributed by atoms with Crippen molar-refractivity contribution in [3.05, 3.63) is 64.1 Å². The van der Waals surface area contributed by atoms with Gasteiger partial charge in [0.15, 0.2) is 0 Å². The highest BCUT2D eigenvalue weighted by atomic mass is 79.9. The van der Waals surface area contributed by atoms with E-state index in [2.05, 4.69) is 26.9 Å². The Morgan fingerprint density at radius 3 is 2.58 bits per heavy atom. The van der Waals surface area contributed by atoms with E-state index in [0.717, 1.165) is 40.7 Å². The number of nitrogens with zero attached hydrogens (tertiary/aromatic N) is 1. The van der Waals surface area contributed by atoms with Crippen LogP contribution in [0.5, 0.6) is 5.75 Å². The van der Waals surface area contributed by atoms with Crippen molar-refractivity contribution in [3.63, 3.8) is 0 Å². The van der Waals surface area contributed by atoms with Crippen LogP contribution in [0.3, 0.4) is 0 Å². The van der Waals surface area contributed by atoms with Gasteiger partial charge >= 0.3 is 5.97 Å². The first-order chi connectivity index (χ1) is 12.6. The highest BCUT2D eigenvalue weighted by Crippen LogP contribution is 2.40. The molecule has 1 fully saturated rings. The number of piperidine rings is 1. The Balaban J connectivity index is 2.14. The number of carboxylic acid groups (broad SMARTS) is 1. The lowest BCUT2D eigenvalue weighted by Gasteiger charge is -2.40. The Kier molecular flexibility index (Phi) is 6.33. The van der Waals surface area contributed by atoms with Crippen LogP contribution in [-0.2, 0) is 4.79 Å². The average Bonchev–Trinajstić information content (AvgIpc) is 2.65. The SMILES string of the molecule is CCOc1ccccc1C(c1ccccc1Br)N1CCCCC1C(=O)O. The number of halogens is 1. The minimum Gasteiger partial charge on any atom is -0.494 e. The topological polar surface area (TPSA) is 49.8 Å². The van der Waals surface area contributed by atoms with Crippen LogP contribution >= 0.6 is 15.9 Å². The molecule has 1 aliphatic heterocycles. The smallest absolute Gasteiger partial charge is 0.320 e. The van der Waals surface area contributed by atoms with Gasteiger partial charge in [-0.05, 0) is 44.0 Å². The van der Waals surface area contributed by atoms with Crippen molar-refractivity contribution in [2.45, 2.75) is 38.3 Å². The fourth-order valence-electron chi connectivity index (χ4n) is 3.74. The third-order valence-corrected chi connectivity index (χ3v) is 5.60. The molecule has 2 aromatic rings. The van der Waals surface area contributed by atoms with E-state index in [-0.39, 0.29) is 6.04 Å². The summed E-state index contributed by atoms with van der Waals surface area (Å²) in [6.07, 6.45) is 2.62. The zero-order chi connectivity index (χ0) is 18.5. The first-order valence-corrected chi connectivity index (χ1v) is 9.87. The second kappa shape index (κ2) is 8.69. The molecule has 1 aliphatic rings. The van der Waals surface area contributed by atoms with Gasteiger partial charge in [0.1, 0.15) is 11.8 Å². The van der Waals surface area contributed by atoms with Crippen molar-refractivity contribution in [3.8, 4) is 5.75 Å². The molecule has 0 bridgehead atoms.